The van der Waals surface area contributed by atoms with Crippen LogP contribution in [0.25, 0.3) is 0 Å². The van der Waals surface area contributed by atoms with Crippen molar-refractivity contribution < 1.29 is 9.84 Å². The number of nitrogens with one attached hydrogen (secondary N) is 2. The second-order valence-electron chi connectivity index (χ2n) is 6.04. The molecule has 0 heterocycles. The average molecular weight is 367 g/mol. The molecule has 2 rings (SSSR count). The van der Waals surface area contributed by atoms with Gasteiger partial charge in [-0.1, -0.05) is 61.2 Å². The zero-order valence-electron chi connectivity index (χ0n) is 15.9. The lowest BCUT2D eigenvalue weighted by atomic mass is 10.1. The molecule has 0 aliphatic carbocycles. The SMILES string of the molecule is C=CCOc1ccccc1CN=C(NCC)NCCC(O)c1ccccc1. The number of aliphatic imine (C=N–C) groups is 1. The summed E-state index contributed by atoms with van der Waals surface area (Å²) >= 11 is 0. The van der Waals surface area contributed by atoms with E-state index in [9.17, 15) is 5.11 Å². The molecule has 0 saturated heterocycles. The minimum absolute atomic E-state index is 0.469. The summed E-state index contributed by atoms with van der Waals surface area (Å²) in [5, 5.41) is 16.8. The number of rotatable bonds is 10. The molecule has 0 aromatic heterocycles. The predicted octanol–water partition coefficient (Wildman–Crippen LogP) is 3.43. The number of guanidine groups is 1. The van der Waals surface area contributed by atoms with E-state index in [1.54, 1.807) is 6.08 Å². The van der Waals surface area contributed by atoms with Gasteiger partial charge >= 0.3 is 0 Å². The molecular weight excluding hydrogens is 338 g/mol. The van der Waals surface area contributed by atoms with Crippen molar-refractivity contribution in [1.29, 1.82) is 0 Å². The highest BCUT2D eigenvalue weighted by atomic mass is 16.5. The minimum Gasteiger partial charge on any atom is -0.489 e. The van der Waals surface area contributed by atoms with Crippen molar-refractivity contribution in [3.8, 4) is 5.75 Å². The number of aliphatic hydroxyl groups is 1. The highest BCUT2D eigenvalue weighted by Crippen LogP contribution is 2.19. The van der Waals surface area contributed by atoms with Crippen LogP contribution >= 0.6 is 0 Å². The maximum Gasteiger partial charge on any atom is 0.191 e. The predicted molar refractivity (Wildman–Crippen MR) is 111 cm³/mol. The molecule has 0 fully saturated rings. The van der Waals surface area contributed by atoms with E-state index >= 15 is 0 Å². The Bertz CT molecular complexity index is 717. The smallest absolute Gasteiger partial charge is 0.191 e. The molecule has 144 valence electrons. The molecule has 27 heavy (non-hydrogen) atoms. The fourth-order valence-corrected chi connectivity index (χ4v) is 2.60. The summed E-state index contributed by atoms with van der Waals surface area (Å²) in [4.78, 5) is 4.63. The van der Waals surface area contributed by atoms with Gasteiger partial charge in [-0.3, -0.25) is 0 Å². The molecule has 0 aliphatic heterocycles. The van der Waals surface area contributed by atoms with Crippen LogP contribution < -0.4 is 15.4 Å². The van der Waals surface area contributed by atoms with Gasteiger partial charge in [0.25, 0.3) is 0 Å². The Morgan fingerprint density at radius 3 is 2.63 bits per heavy atom. The van der Waals surface area contributed by atoms with E-state index in [-0.39, 0.29) is 0 Å². The number of hydrogen-bond acceptors (Lipinski definition) is 3. The fourth-order valence-electron chi connectivity index (χ4n) is 2.60. The van der Waals surface area contributed by atoms with Gasteiger partial charge < -0.3 is 20.5 Å². The van der Waals surface area contributed by atoms with Crippen LogP contribution in [0.15, 0.2) is 72.2 Å². The first kappa shape index (κ1) is 20.5. The highest BCUT2D eigenvalue weighted by molar-refractivity contribution is 5.79. The zero-order valence-corrected chi connectivity index (χ0v) is 15.9. The van der Waals surface area contributed by atoms with Gasteiger partial charge in [0, 0.05) is 18.7 Å². The third-order valence-corrected chi connectivity index (χ3v) is 3.98. The van der Waals surface area contributed by atoms with Gasteiger partial charge in [0.1, 0.15) is 12.4 Å². The zero-order chi connectivity index (χ0) is 19.3. The minimum atomic E-state index is -0.491. The van der Waals surface area contributed by atoms with Gasteiger partial charge in [0.15, 0.2) is 5.96 Å². The van der Waals surface area contributed by atoms with Crippen molar-refractivity contribution in [2.75, 3.05) is 19.7 Å². The van der Waals surface area contributed by atoms with Crippen LogP contribution in [0.4, 0.5) is 0 Å². The standard InChI is InChI=1S/C22H29N3O2/c1-3-16-27-21-13-9-8-12-19(21)17-25-22(23-4-2)24-15-14-20(26)18-10-6-5-7-11-18/h3,5-13,20,26H,1,4,14-17H2,2H3,(H2,23,24,25). The number of aliphatic hydroxyl groups excluding tert-OH is 1. The first-order valence-corrected chi connectivity index (χ1v) is 9.31. The van der Waals surface area contributed by atoms with Crippen LogP contribution in [-0.2, 0) is 6.54 Å². The van der Waals surface area contributed by atoms with Gasteiger partial charge in [-0.05, 0) is 25.0 Å². The molecule has 5 heteroatoms. The van der Waals surface area contributed by atoms with Crippen molar-refractivity contribution in [3.63, 3.8) is 0 Å². The lowest BCUT2D eigenvalue weighted by Crippen LogP contribution is -2.38. The van der Waals surface area contributed by atoms with E-state index in [1.165, 1.54) is 0 Å². The van der Waals surface area contributed by atoms with Crippen LogP contribution in [0.5, 0.6) is 5.75 Å². The Hall–Kier alpha value is -2.79. The van der Waals surface area contributed by atoms with Crippen LogP contribution in [0, 0.1) is 0 Å². The normalized spacial score (nSPS) is 12.3. The molecule has 0 bridgehead atoms. The third-order valence-electron chi connectivity index (χ3n) is 3.98. The topological polar surface area (TPSA) is 65.9 Å². The van der Waals surface area contributed by atoms with Crippen molar-refractivity contribution in [3.05, 3.63) is 78.4 Å². The van der Waals surface area contributed by atoms with Crippen LogP contribution in [0.2, 0.25) is 0 Å². The summed E-state index contributed by atoms with van der Waals surface area (Å²) in [6.07, 6.45) is 1.84. The van der Waals surface area contributed by atoms with Crippen LogP contribution in [-0.4, -0.2) is 30.8 Å². The van der Waals surface area contributed by atoms with Crippen LogP contribution in [0.1, 0.15) is 30.6 Å². The lowest BCUT2D eigenvalue weighted by molar-refractivity contribution is 0.168. The number of ether oxygens (including phenoxy) is 1. The number of hydrogen-bond donors (Lipinski definition) is 3. The Morgan fingerprint density at radius 1 is 1.15 bits per heavy atom. The molecule has 3 N–H and O–H groups in total. The van der Waals surface area contributed by atoms with Gasteiger partial charge in [-0.25, -0.2) is 4.99 Å². The molecule has 0 amide bonds. The molecule has 1 atom stereocenters. The van der Waals surface area contributed by atoms with Gasteiger partial charge in [-0.2, -0.15) is 0 Å². The second kappa shape index (κ2) is 11.8. The van der Waals surface area contributed by atoms with Crippen molar-refractivity contribution in [2.45, 2.75) is 26.0 Å². The van der Waals surface area contributed by atoms with Crippen LogP contribution in [0.3, 0.4) is 0 Å². The van der Waals surface area contributed by atoms with Crippen molar-refractivity contribution >= 4 is 5.96 Å². The van der Waals surface area contributed by atoms with E-state index in [0.717, 1.165) is 29.4 Å². The molecule has 5 nitrogen and oxygen atoms in total. The maximum atomic E-state index is 10.3. The van der Waals surface area contributed by atoms with E-state index in [0.29, 0.717) is 26.1 Å². The third kappa shape index (κ3) is 7.15. The summed E-state index contributed by atoms with van der Waals surface area (Å²) < 4.78 is 5.68. The quantitative estimate of drug-likeness (QED) is 0.342. The summed E-state index contributed by atoms with van der Waals surface area (Å²) in [6.45, 7) is 8.07. The molecule has 0 radical (unpaired) electrons. The van der Waals surface area contributed by atoms with E-state index < -0.39 is 6.10 Å². The summed E-state index contributed by atoms with van der Waals surface area (Å²) in [5.74, 6) is 1.53. The van der Waals surface area contributed by atoms with E-state index in [4.69, 9.17) is 4.74 Å². The monoisotopic (exact) mass is 367 g/mol. The molecular formula is C22H29N3O2. The molecule has 1 unspecified atom stereocenters. The highest BCUT2D eigenvalue weighted by Gasteiger charge is 2.07. The Morgan fingerprint density at radius 2 is 1.89 bits per heavy atom. The molecule has 2 aromatic rings. The fraction of sp³-hybridized carbons (Fsp3) is 0.318. The maximum absolute atomic E-state index is 10.3. The van der Waals surface area contributed by atoms with Gasteiger partial charge in [-0.15, -0.1) is 0 Å². The molecule has 2 aromatic carbocycles. The summed E-state index contributed by atoms with van der Waals surface area (Å²) in [5.41, 5.74) is 1.94. The number of para-hydroxylation sites is 1. The number of benzene rings is 2. The molecule has 0 spiro atoms. The Balaban J connectivity index is 1.91. The van der Waals surface area contributed by atoms with Gasteiger partial charge in [0.05, 0.1) is 12.6 Å². The average Bonchev–Trinajstić information content (AvgIpc) is 2.71. The molecule has 0 aliphatic rings. The van der Waals surface area contributed by atoms with E-state index in [1.807, 2.05) is 61.5 Å². The first-order chi connectivity index (χ1) is 13.2. The van der Waals surface area contributed by atoms with Crippen molar-refractivity contribution in [2.24, 2.45) is 4.99 Å². The summed E-state index contributed by atoms with van der Waals surface area (Å²) in [6, 6.07) is 17.5. The second-order valence-corrected chi connectivity index (χ2v) is 6.04. The molecule has 0 saturated carbocycles. The lowest BCUT2D eigenvalue weighted by Gasteiger charge is -2.15. The summed E-state index contributed by atoms with van der Waals surface area (Å²) in [7, 11) is 0. The Labute approximate surface area is 161 Å². The van der Waals surface area contributed by atoms with Crippen molar-refractivity contribution in [1.82, 2.24) is 10.6 Å². The first-order valence-electron chi connectivity index (χ1n) is 9.31. The van der Waals surface area contributed by atoms with Gasteiger partial charge in [0.2, 0.25) is 0 Å². The van der Waals surface area contributed by atoms with E-state index in [2.05, 4.69) is 22.2 Å². The Kier molecular flexibility index (Phi) is 8.93. The largest absolute Gasteiger partial charge is 0.489 e. The number of nitrogens with zero attached hydrogens (tertiary/aromatic N) is 1.